The van der Waals surface area contributed by atoms with E-state index in [1.54, 1.807) is 11.3 Å². The molecular weight excluding hydrogens is 454 g/mol. The fourth-order valence-electron chi connectivity index (χ4n) is 4.40. The summed E-state index contributed by atoms with van der Waals surface area (Å²) in [5.74, 6) is 0.948. The zero-order valence-corrected chi connectivity index (χ0v) is 21.6. The summed E-state index contributed by atoms with van der Waals surface area (Å²) < 4.78 is 1.98. The second kappa shape index (κ2) is 9.33. The standard InChI is InChI=1S/C27H31N7S/c1-19-7-5-6-8-22(19)23-24(30-27(2,3)4)34-25(29-23)35-26(31-34)33-15-13-32(14-16-33)18-21-11-9-20(17-28)10-12-21/h5-12,30H,13-16,18H2,1-4H3. The van der Waals surface area contributed by atoms with Gasteiger partial charge in [-0.2, -0.15) is 9.78 Å². The van der Waals surface area contributed by atoms with Crippen molar-refractivity contribution < 1.29 is 0 Å². The molecule has 1 aliphatic heterocycles. The molecule has 3 heterocycles. The predicted octanol–water partition coefficient (Wildman–Crippen LogP) is 5.17. The van der Waals surface area contributed by atoms with Crippen molar-refractivity contribution >= 4 is 27.2 Å². The Balaban J connectivity index is 1.35. The molecule has 0 atom stereocenters. The molecule has 0 saturated carbocycles. The van der Waals surface area contributed by atoms with Gasteiger partial charge >= 0.3 is 0 Å². The lowest BCUT2D eigenvalue weighted by molar-refractivity contribution is 0.249. The summed E-state index contributed by atoms with van der Waals surface area (Å²) in [4.78, 5) is 10.8. The Hall–Kier alpha value is -3.41. The third-order valence-electron chi connectivity index (χ3n) is 6.22. The normalized spacial score (nSPS) is 14.9. The van der Waals surface area contributed by atoms with Gasteiger partial charge in [0, 0.05) is 43.8 Å². The van der Waals surface area contributed by atoms with Gasteiger partial charge in [-0.3, -0.25) is 4.90 Å². The summed E-state index contributed by atoms with van der Waals surface area (Å²) in [7, 11) is 0. The maximum absolute atomic E-state index is 9.00. The van der Waals surface area contributed by atoms with Crippen LogP contribution in [-0.2, 0) is 6.54 Å². The van der Waals surface area contributed by atoms with Gasteiger partial charge in [0.1, 0.15) is 5.69 Å². The van der Waals surface area contributed by atoms with E-state index in [-0.39, 0.29) is 5.54 Å². The van der Waals surface area contributed by atoms with Crippen molar-refractivity contribution in [1.29, 1.82) is 5.26 Å². The van der Waals surface area contributed by atoms with Crippen LogP contribution in [0.5, 0.6) is 0 Å². The molecule has 0 aliphatic carbocycles. The number of hydrogen-bond acceptors (Lipinski definition) is 7. The van der Waals surface area contributed by atoms with Crippen LogP contribution in [-0.4, -0.2) is 51.2 Å². The molecule has 0 unspecified atom stereocenters. The molecule has 0 amide bonds. The number of fused-ring (bicyclic) bond motifs is 1. The molecule has 0 bridgehead atoms. The van der Waals surface area contributed by atoms with Crippen molar-refractivity contribution in [2.45, 2.75) is 39.8 Å². The van der Waals surface area contributed by atoms with Crippen molar-refractivity contribution in [3.63, 3.8) is 0 Å². The van der Waals surface area contributed by atoms with E-state index in [4.69, 9.17) is 15.3 Å². The number of rotatable bonds is 5. The van der Waals surface area contributed by atoms with E-state index in [1.165, 1.54) is 11.1 Å². The zero-order valence-electron chi connectivity index (χ0n) is 20.7. The van der Waals surface area contributed by atoms with Crippen LogP contribution in [0.4, 0.5) is 10.9 Å². The van der Waals surface area contributed by atoms with Crippen molar-refractivity contribution in [2.24, 2.45) is 0 Å². The first-order valence-corrected chi connectivity index (χ1v) is 12.8. The van der Waals surface area contributed by atoms with E-state index >= 15 is 0 Å². The minimum Gasteiger partial charge on any atom is -0.364 e. The van der Waals surface area contributed by atoms with Crippen LogP contribution < -0.4 is 10.2 Å². The number of aryl methyl sites for hydroxylation is 1. The molecule has 2 aromatic carbocycles. The van der Waals surface area contributed by atoms with E-state index in [1.807, 2.05) is 16.6 Å². The zero-order chi connectivity index (χ0) is 24.6. The number of aromatic nitrogens is 3. The second-order valence-corrected chi connectivity index (χ2v) is 11.1. The maximum Gasteiger partial charge on any atom is 0.216 e. The van der Waals surface area contributed by atoms with Crippen LogP contribution in [0.3, 0.4) is 0 Å². The summed E-state index contributed by atoms with van der Waals surface area (Å²) in [5, 5.41) is 18.7. The molecule has 8 heteroatoms. The molecule has 1 N–H and O–H groups in total. The first-order chi connectivity index (χ1) is 16.8. The highest BCUT2D eigenvalue weighted by Gasteiger charge is 2.25. The molecule has 1 aliphatic rings. The fourth-order valence-corrected chi connectivity index (χ4v) is 5.35. The average molecular weight is 486 g/mol. The lowest BCUT2D eigenvalue weighted by Gasteiger charge is -2.34. The first-order valence-electron chi connectivity index (χ1n) is 12.0. The van der Waals surface area contributed by atoms with Crippen LogP contribution in [0, 0.1) is 18.3 Å². The molecule has 180 valence electrons. The van der Waals surface area contributed by atoms with Gasteiger partial charge in [0.25, 0.3) is 0 Å². The highest BCUT2D eigenvalue weighted by molar-refractivity contribution is 7.20. The summed E-state index contributed by atoms with van der Waals surface area (Å²) >= 11 is 1.65. The molecule has 0 spiro atoms. The number of benzene rings is 2. The molecule has 4 aromatic rings. The molecule has 0 radical (unpaired) electrons. The Morgan fingerprint density at radius 1 is 1.03 bits per heavy atom. The summed E-state index contributed by atoms with van der Waals surface area (Å²) in [6.07, 6.45) is 0. The van der Waals surface area contributed by atoms with E-state index in [0.29, 0.717) is 5.56 Å². The van der Waals surface area contributed by atoms with Crippen LogP contribution in [0.25, 0.3) is 16.2 Å². The Kier molecular flexibility index (Phi) is 6.22. The van der Waals surface area contributed by atoms with Crippen molar-refractivity contribution in [3.05, 3.63) is 65.2 Å². The Bertz CT molecular complexity index is 1360. The molecule has 5 rings (SSSR count). The molecule has 1 fully saturated rings. The highest BCUT2D eigenvalue weighted by Crippen LogP contribution is 2.36. The highest BCUT2D eigenvalue weighted by atomic mass is 32.1. The van der Waals surface area contributed by atoms with Crippen LogP contribution in [0.1, 0.15) is 37.5 Å². The third-order valence-corrected chi connectivity index (χ3v) is 7.19. The number of hydrogen-bond donors (Lipinski definition) is 1. The van der Waals surface area contributed by atoms with Crippen molar-refractivity contribution in [3.8, 4) is 17.3 Å². The Labute approximate surface area is 210 Å². The van der Waals surface area contributed by atoms with Gasteiger partial charge in [-0.25, -0.2) is 4.98 Å². The van der Waals surface area contributed by atoms with E-state index in [2.05, 4.69) is 85.3 Å². The predicted molar refractivity (Wildman–Crippen MR) is 143 cm³/mol. The van der Waals surface area contributed by atoms with Gasteiger partial charge in [-0.15, -0.1) is 5.10 Å². The third kappa shape index (κ3) is 5.02. The second-order valence-electron chi connectivity index (χ2n) is 10.1. The molecule has 2 aromatic heterocycles. The van der Waals surface area contributed by atoms with Crippen molar-refractivity contribution in [1.82, 2.24) is 19.5 Å². The van der Waals surface area contributed by atoms with E-state index in [9.17, 15) is 0 Å². The van der Waals surface area contributed by atoms with Crippen LogP contribution in [0.15, 0.2) is 48.5 Å². The van der Waals surface area contributed by atoms with Crippen LogP contribution >= 0.6 is 11.3 Å². The lowest BCUT2D eigenvalue weighted by Crippen LogP contribution is -2.46. The summed E-state index contributed by atoms with van der Waals surface area (Å²) in [6.45, 7) is 13.3. The molecule has 7 nitrogen and oxygen atoms in total. The summed E-state index contributed by atoms with van der Waals surface area (Å²) in [5.41, 5.74) is 5.12. The molecular formula is C27H31N7S. The van der Waals surface area contributed by atoms with E-state index in [0.717, 1.165) is 59.9 Å². The summed E-state index contributed by atoms with van der Waals surface area (Å²) in [6, 6.07) is 18.5. The lowest BCUT2D eigenvalue weighted by atomic mass is 10.0. The van der Waals surface area contributed by atoms with Gasteiger partial charge in [-0.1, -0.05) is 47.7 Å². The Morgan fingerprint density at radius 2 is 1.74 bits per heavy atom. The van der Waals surface area contributed by atoms with E-state index < -0.39 is 0 Å². The SMILES string of the molecule is Cc1ccccc1-c1nc2sc(N3CCN(Cc4ccc(C#N)cc4)CC3)nn2c1NC(C)(C)C. The van der Waals surface area contributed by atoms with Gasteiger partial charge in [0.2, 0.25) is 10.1 Å². The molecule has 1 saturated heterocycles. The number of nitrogens with zero attached hydrogens (tertiary/aromatic N) is 6. The largest absolute Gasteiger partial charge is 0.364 e. The minimum absolute atomic E-state index is 0.117. The number of anilines is 2. The van der Waals surface area contributed by atoms with Crippen LogP contribution in [0.2, 0.25) is 0 Å². The number of imidazole rings is 1. The number of nitriles is 1. The van der Waals surface area contributed by atoms with Crippen molar-refractivity contribution in [2.75, 3.05) is 36.4 Å². The first kappa shape index (κ1) is 23.3. The minimum atomic E-state index is -0.117. The van der Waals surface area contributed by atoms with Gasteiger partial charge in [0.05, 0.1) is 11.6 Å². The number of piperazine rings is 1. The van der Waals surface area contributed by atoms with Gasteiger partial charge < -0.3 is 10.2 Å². The molecule has 35 heavy (non-hydrogen) atoms. The number of nitrogens with one attached hydrogen (secondary N) is 1. The maximum atomic E-state index is 9.00. The topological polar surface area (TPSA) is 72.5 Å². The monoisotopic (exact) mass is 485 g/mol. The quantitative estimate of drug-likeness (QED) is 0.420. The van der Waals surface area contributed by atoms with Gasteiger partial charge in [0.15, 0.2) is 5.82 Å². The fraction of sp³-hybridized carbons (Fsp3) is 0.370. The van der Waals surface area contributed by atoms with Gasteiger partial charge in [-0.05, 0) is 51.0 Å². The average Bonchev–Trinajstić information content (AvgIpc) is 3.39. The smallest absolute Gasteiger partial charge is 0.216 e. The Morgan fingerprint density at radius 3 is 2.40 bits per heavy atom.